The molecule has 0 radical (unpaired) electrons. The lowest BCUT2D eigenvalue weighted by molar-refractivity contribution is 0.432. The van der Waals surface area contributed by atoms with Gasteiger partial charge in [0.2, 0.25) is 0 Å². The Morgan fingerprint density at radius 3 is 2.32 bits per heavy atom. The first-order chi connectivity index (χ1) is 8.97. The van der Waals surface area contributed by atoms with E-state index in [9.17, 15) is 4.39 Å². The highest BCUT2D eigenvalue weighted by Crippen LogP contribution is 2.32. The van der Waals surface area contributed by atoms with Crippen LogP contribution in [0.1, 0.15) is 29.7 Å². The smallest absolute Gasteiger partial charge is 0.167 e. The van der Waals surface area contributed by atoms with E-state index in [1.54, 1.807) is 12.1 Å². The van der Waals surface area contributed by atoms with Gasteiger partial charge in [-0.1, -0.05) is 18.2 Å². The van der Waals surface area contributed by atoms with Crippen LogP contribution < -0.4 is 10.5 Å². The Morgan fingerprint density at radius 1 is 1.11 bits per heavy atom. The van der Waals surface area contributed by atoms with Gasteiger partial charge in [-0.05, 0) is 50.1 Å². The Kier molecular flexibility index (Phi) is 3.86. The second-order valence-corrected chi connectivity index (χ2v) is 4.87. The molecule has 0 aliphatic carbocycles. The van der Waals surface area contributed by atoms with Crippen LogP contribution in [-0.2, 0) is 0 Å². The molecule has 1 unspecified atom stereocenters. The quantitative estimate of drug-likeness (QED) is 0.894. The first-order valence-corrected chi connectivity index (χ1v) is 6.27. The number of hydrogen-bond acceptors (Lipinski definition) is 2. The van der Waals surface area contributed by atoms with Crippen LogP contribution >= 0.6 is 0 Å². The van der Waals surface area contributed by atoms with E-state index in [0.29, 0.717) is 11.3 Å². The van der Waals surface area contributed by atoms with E-state index in [-0.39, 0.29) is 11.8 Å². The molecule has 0 saturated carbocycles. The summed E-state index contributed by atoms with van der Waals surface area (Å²) in [4.78, 5) is 0. The third-order valence-corrected chi connectivity index (χ3v) is 2.90. The summed E-state index contributed by atoms with van der Waals surface area (Å²) >= 11 is 0. The average Bonchev–Trinajstić information content (AvgIpc) is 2.30. The molecule has 0 amide bonds. The van der Waals surface area contributed by atoms with Gasteiger partial charge >= 0.3 is 0 Å². The normalized spacial score (nSPS) is 12.3. The van der Waals surface area contributed by atoms with Crippen LogP contribution in [0.3, 0.4) is 0 Å². The predicted molar refractivity (Wildman–Crippen MR) is 75.0 cm³/mol. The molecule has 0 spiro atoms. The van der Waals surface area contributed by atoms with Crippen molar-refractivity contribution in [2.75, 3.05) is 0 Å². The van der Waals surface area contributed by atoms with Crippen LogP contribution in [0.5, 0.6) is 11.5 Å². The monoisotopic (exact) mass is 259 g/mol. The van der Waals surface area contributed by atoms with Crippen molar-refractivity contribution >= 4 is 0 Å². The molecule has 2 aromatic carbocycles. The molecule has 19 heavy (non-hydrogen) atoms. The van der Waals surface area contributed by atoms with Crippen molar-refractivity contribution in [1.82, 2.24) is 0 Å². The summed E-state index contributed by atoms with van der Waals surface area (Å²) in [5.41, 5.74) is 8.67. The minimum absolute atomic E-state index is 0.211. The molecule has 0 aromatic heterocycles. The summed E-state index contributed by atoms with van der Waals surface area (Å²) in [5, 5.41) is 0. The van der Waals surface area contributed by atoms with Gasteiger partial charge in [0.05, 0.1) is 0 Å². The predicted octanol–water partition coefficient (Wildman–Crippen LogP) is 4.25. The van der Waals surface area contributed by atoms with Gasteiger partial charge in [0.15, 0.2) is 11.6 Å². The third-order valence-electron chi connectivity index (χ3n) is 2.90. The summed E-state index contributed by atoms with van der Waals surface area (Å²) < 4.78 is 19.6. The maximum Gasteiger partial charge on any atom is 0.167 e. The molecular weight excluding hydrogens is 241 g/mol. The highest BCUT2D eigenvalue weighted by molar-refractivity contribution is 5.42. The lowest BCUT2D eigenvalue weighted by Crippen LogP contribution is -2.07. The van der Waals surface area contributed by atoms with Gasteiger partial charge < -0.3 is 10.5 Å². The zero-order valence-electron chi connectivity index (χ0n) is 11.4. The lowest BCUT2D eigenvalue weighted by atomic mass is 10.1. The van der Waals surface area contributed by atoms with Crippen molar-refractivity contribution in [2.24, 2.45) is 5.73 Å². The van der Waals surface area contributed by atoms with Gasteiger partial charge in [-0.15, -0.1) is 0 Å². The van der Waals surface area contributed by atoms with Gasteiger partial charge in [0.1, 0.15) is 5.75 Å². The fourth-order valence-corrected chi connectivity index (χ4v) is 2.10. The Balaban J connectivity index is 2.42. The zero-order valence-corrected chi connectivity index (χ0v) is 11.4. The molecule has 0 bridgehead atoms. The van der Waals surface area contributed by atoms with Crippen LogP contribution in [0.15, 0.2) is 36.4 Å². The van der Waals surface area contributed by atoms with Crippen LogP contribution in [-0.4, -0.2) is 0 Å². The standard InChI is InChI=1S/C16H18FNO/c1-10-7-11(2)9-13(8-10)19-16-14(12(3)18)5-4-6-15(16)17/h4-9,12H,18H2,1-3H3. The molecule has 0 fully saturated rings. The van der Waals surface area contributed by atoms with Gasteiger partial charge in [-0.3, -0.25) is 0 Å². The van der Waals surface area contributed by atoms with E-state index in [1.165, 1.54) is 6.07 Å². The van der Waals surface area contributed by atoms with E-state index in [0.717, 1.165) is 11.1 Å². The van der Waals surface area contributed by atoms with Crippen LogP contribution in [0.2, 0.25) is 0 Å². The fraction of sp³-hybridized carbons (Fsp3) is 0.250. The molecule has 3 heteroatoms. The van der Waals surface area contributed by atoms with Gasteiger partial charge in [0, 0.05) is 11.6 Å². The fourth-order valence-electron chi connectivity index (χ4n) is 2.10. The summed E-state index contributed by atoms with van der Waals surface area (Å²) in [6.07, 6.45) is 0. The van der Waals surface area contributed by atoms with E-state index in [2.05, 4.69) is 0 Å². The molecule has 2 nitrogen and oxygen atoms in total. The van der Waals surface area contributed by atoms with Gasteiger partial charge in [0.25, 0.3) is 0 Å². The van der Waals surface area contributed by atoms with Crippen LogP contribution in [0, 0.1) is 19.7 Å². The molecule has 0 aliphatic heterocycles. The molecule has 100 valence electrons. The van der Waals surface area contributed by atoms with Crippen molar-refractivity contribution in [2.45, 2.75) is 26.8 Å². The highest BCUT2D eigenvalue weighted by Gasteiger charge is 2.14. The molecular formula is C16H18FNO. The number of ether oxygens (including phenoxy) is 1. The minimum Gasteiger partial charge on any atom is -0.454 e. The molecule has 0 heterocycles. The summed E-state index contributed by atoms with van der Waals surface area (Å²) in [6, 6.07) is 10.3. The van der Waals surface area contributed by atoms with E-state index < -0.39 is 5.82 Å². The largest absolute Gasteiger partial charge is 0.454 e. The third kappa shape index (κ3) is 3.12. The number of hydrogen-bond donors (Lipinski definition) is 1. The molecule has 2 rings (SSSR count). The summed E-state index contributed by atoms with van der Waals surface area (Å²) in [7, 11) is 0. The first-order valence-electron chi connectivity index (χ1n) is 6.27. The van der Waals surface area contributed by atoms with Crippen LogP contribution in [0.25, 0.3) is 0 Å². The number of nitrogens with two attached hydrogens (primary N) is 1. The molecule has 1 atom stereocenters. The number of rotatable bonds is 3. The first kappa shape index (κ1) is 13.6. The average molecular weight is 259 g/mol. The minimum atomic E-state index is -0.394. The summed E-state index contributed by atoms with van der Waals surface area (Å²) in [6.45, 7) is 5.77. The van der Waals surface area contributed by atoms with Gasteiger partial charge in [-0.2, -0.15) is 0 Å². The Bertz CT molecular complexity index is 573. The van der Waals surface area contributed by atoms with Gasteiger partial charge in [-0.25, -0.2) is 4.39 Å². The molecule has 0 saturated heterocycles. The Morgan fingerprint density at radius 2 is 1.74 bits per heavy atom. The molecule has 0 aliphatic rings. The van der Waals surface area contributed by atoms with Crippen LogP contribution in [0.4, 0.5) is 4.39 Å². The van der Waals surface area contributed by atoms with Crippen molar-refractivity contribution in [3.8, 4) is 11.5 Å². The second kappa shape index (κ2) is 5.41. The van der Waals surface area contributed by atoms with Crippen molar-refractivity contribution < 1.29 is 9.13 Å². The van der Waals surface area contributed by atoms with E-state index in [4.69, 9.17) is 10.5 Å². The number of benzene rings is 2. The highest BCUT2D eigenvalue weighted by atomic mass is 19.1. The Labute approximate surface area is 113 Å². The number of halogens is 1. The van der Waals surface area contributed by atoms with E-state index in [1.807, 2.05) is 39.0 Å². The Hall–Kier alpha value is -1.87. The molecule has 2 aromatic rings. The summed E-state index contributed by atoms with van der Waals surface area (Å²) in [5.74, 6) is 0.445. The van der Waals surface area contributed by atoms with Crippen molar-refractivity contribution in [3.63, 3.8) is 0 Å². The zero-order chi connectivity index (χ0) is 14.0. The van der Waals surface area contributed by atoms with E-state index >= 15 is 0 Å². The molecule has 2 N–H and O–H groups in total. The second-order valence-electron chi connectivity index (χ2n) is 4.87. The number of aryl methyl sites for hydroxylation is 2. The maximum absolute atomic E-state index is 13.9. The number of para-hydroxylation sites is 1. The lowest BCUT2D eigenvalue weighted by Gasteiger charge is -2.15. The SMILES string of the molecule is Cc1cc(C)cc(Oc2c(F)cccc2C(C)N)c1. The topological polar surface area (TPSA) is 35.2 Å². The maximum atomic E-state index is 13.9. The van der Waals surface area contributed by atoms with Crippen molar-refractivity contribution in [1.29, 1.82) is 0 Å². The van der Waals surface area contributed by atoms with Crippen molar-refractivity contribution in [3.05, 3.63) is 58.9 Å².